The van der Waals surface area contributed by atoms with Crippen molar-refractivity contribution in [2.24, 2.45) is 0 Å². The number of thioether (sulfide) groups is 1. The van der Waals surface area contributed by atoms with Gasteiger partial charge >= 0.3 is 0 Å². The molecule has 0 aromatic carbocycles. The van der Waals surface area contributed by atoms with Gasteiger partial charge in [-0.25, -0.2) is 0 Å². The van der Waals surface area contributed by atoms with E-state index in [1.54, 1.807) is 18.7 Å². The largest absolute Gasteiger partial charge is 0.297 e. The van der Waals surface area contributed by atoms with Crippen LogP contribution >= 0.6 is 11.8 Å². The normalized spacial score (nSPS) is 35.3. The van der Waals surface area contributed by atoms with Crippen LogP contribution in [0.15, 0.2) is 0 Å². The summed E-state index contributed by atoms with van der Waals surface area (Å²) in [7, 11) is -0.936. The molecule has 0 unspecified atom stereocenters. The molecule has 1 heterocycles. The second-order valence-corrected chi connectivity index (χ2v) is 6.41. The lowest BCUT2D eigenvalue weighted by molar-refractivity contribution is -0.117. The van der Waals surface area contributed by atoms with Gasteiger partial charge in [0.2, 0.25) is 0 Å². The Morgan fingerprint density at radius 2 is 2.33 bits per heavy atom. The minimum Gasteiger partial charge on any atom is -0.297 e. The van der Waals surface area contributed by atoms with E-state index in [1.165, 1.54) is 0 Å². The zero-order chi connectivity index (χ0) is 9.19. The highest BCUT2D eigenvalue weighted by Crippen LogP contribution is 2.40. The Labute approximate surface area is 79.9 Å². The Morgan fingerprint density at radius 1 is 1.67 bits per heavy atom. The second kappa shape index (κ2) is 3.92. The van der Waals surface area contributed by atoms with Gasteiger partial charge in [0.15, 0.2) is 5.78 Å². The van der Waals surface area contributed by atoms with Crippen molar-refractivity contribution >= 4 is 28.3 Å². The molecule has 4 heteroatoms. The number of ketones is 1. The van der Waals surface area contributed by atoms with Crippen molar-refractivity contribution in [1.82, 2.24) is 0 Å². The van der Waals surface area contributed by atoms with Crippen LogP contribution in [0.25, 0.3) is 0 Å². The van der Waals surface area contributed by atoms with Crippen molar-refractivity contribution in [3.8, 4) is 0 Å². The van der Waals surface area contributed by atoms with Gasteiger partial charge in [0, 0.05) is 22.3 Å². The first kappa shape index (κ1) is 10.3. The molecular formula is C8H14O2S2. The van der Waals surface area contributed by atoms with E-state index in [4.69, 9.17) is 0 Å². The molecule has 0 radical (unpaired) electrons. The number of carbonyl (C=O) groups is 1. The van der Waals surface area contributed by atoms with Crippen molar-refractivity contribution in [1.29, 1.82) is 0 Å². The average molecular weight is 206 g/mol. The lowest BCUT2D eigenvalue weighted by Gasteiger charge is -2.22. The Bertz CT molecular complexity index is 215. The molecule has 2 nitrogen and oxygen atoms in total. The molecule has 0 aromatic heterocycles. The third-order valence-corrected chi connectivity index (χ3v) is 6.43. The van der Waals surface area contributed by atoms with Crippen molar-refractivity contribution in [3.63, 3.8) is 0 Å². The first-order valence-electron chi connectivity index (χ1n) is 4.17. The summed E-state index contributed by atoms with van der Waals surface area (Å²) < 4.78 is 11.1. The zero-order valence-corrected chi connectivity index (χ0v) is 9.09. The lowest BCUT2D eigenvalue weighted by Crippen LogP contribution is -2.35. The van der Waals surface area contributed by atoms with Gasteiger partial charge in [0.05, 0.1) is 0 Å². The highest BCUT2D eigenvalue weighted by Gasteiger charge is 2.45. The summed E-state index contributed by atoms with van der Waals surface area (Å²) >= 11 is 1.58. The van der Waals surface area contributed by atoms with Crippen molar-refractivity contribution in [2.75, 3.05) is 11.5 Å². The minimum atomic E-state index is -0.936. The molecule has 0 aliphatic carbocycles. The SMILES string of the molecule is CCC[C@@]1(C(C)=O)SCC[S@]1=O. The Kier molecular flexibility index (Phi) is 3.35. The molecule has 1 aliphatic rings. The molecule has 0 saturated carbocycles. The fourth-order valence-electron chi connectivity index (χ4n) is 1.47. The van der Waals surface area contributed by atoms with E-state index in [-0.39, 0.29) is 5.78 Å². The summed E-state index contributed by atoms with van der Waals surface area (Å²) in [6.07, 6.45) is 1.69. The third kappa shape index (κ3) is 1.59. The molecule has 0 N–H and O–H groups in total. The fraction of sp³-hybridized carbons (Fsp3) is 0.875. The van der Waals surface area contributed by atoms with Gasteiger partial charge in [-0.1, -0.05) is 13.3 Å². The van der Waals surface area contributed by atoms with Crippen molar-refractivity contribution in [2.45, 2.75) is 30.8 Å². The van der Waals surface area contributed by atoms with Crippen LogP contribution < -0.4 is 0 Å². The minimum absolute atomic E-state index is 0.0881. The quantitative estimate of drug-likeness (QED) is 0.703. The standard InChI is InChI=1S/C8H14O2S2/c1-3-4-8(7(2)9)11-5-6-12(8)10/h3-6H2,1-2H3/t8-,12-/m1/s1. The van der Waals surface area contributed by atoms with Crippen LogP contribution in [0, 0.1) is 0 Å². The summed E-state index contributed by atoms with van der Waals surface area (Å²) in [5.41, 5.74) is 0. The monoisotopic (exact) mass is 206 g/mol. The van der Waals surface area contributed by atoms with Crippen LogP contribution in [-0.2, 0) is 15.6 Å². The molecule has 12 heavy (non-hydrogen) atoms. The number of hydrogen-bond acceptors (Lipinski definition) is 3. The van der Waals surface area contributed by atoms with Crippen LogP contribution in [0.2, 0.25) is 0 Å². The molecule has 1 rings (SSSR count). The van der Waals surface area contributed by atoms with Gasteiger partial charge in [-0.15, -0.1) is 11.8 Å². The molecular weight excluding hydrogens is 192 g/mol. The second-order valence-electron chi connectivity index (χ2n) is 2.96. The van der Waals surface area contributed by atoms with Gasteiger partial charge in [-0.3, -0.25) is 9.00 Å². The van der Waals surface area contributed by atoms with E-state index in [9.17, 15) is 9.00 Å². The maximum absolute atomic E-state index is 11.6. The number of rotatable bonds is 3. The molecule has 0 aromatic rings. The van der Waals surface area contributed by atoms with Gasteiger partial charge in [-0.05, 0) is 13.3 Å². The topological polar surface area (TPSA) is 34.1 Å². The summed E-state index contributed by atoms with van der Waals surface area (Å²) in [5, 5.41) is 0. The van der Waals surface area contributed by atoms with E-state index < -0.39 is 14.9 Å². The van der Waals surface area contributed by atoms with Crippen molar-refractivity contribution in [3.05, 3.63) is 0 Å². The van der Waals surface area contributed by atoms with Crippen LogP contribution in [0.3, 0.4) is 0 Å². The summed E-state index contributed by atoms with van der Waals surface area (Å²) in [6, 6.07) is 0. The summed E-state index contributed by atoms with van der Waals surface area (Å²) in [4.78, 5) is 11.4. The van der Waals surface area contributed by atoms with Crippen LogP contribution in [0.5, 0.6) is 0 Å². The van der Waals surface area contributed by atoms with E-state index in [2.05, 4.69) is 0 Å². The maximum Gasteiger partial charge on any atom is 0.158 e. The van der Waals surface area contributed by atoms with Gasteiger partial charge in [-0.2, -0.15) is 0 Å². The molecule has 0 amide bonds. The predicted octanol–water partition coefficient (Wildman–Crippen LogP) is 1.57. The van der Waals surface area contributed by atoms with E-state index in [0.717, 1.165) is 18.6 Å². The van der Waals surface area contributed by atoms with Crippen LogP contribution in [0.4, 0.5) is 0 Å². The van der Waals surface area contributed by atoms with E-state index in [0.29, 0.717) is 5.75 Å². The van der Waals surface area contributed by atoms with Gasteiger partial charge in [0.1, 0.15) is 4.08 Å². The molecule has 1 aliphatic heterocycles. The van der Waals surface area contributed by atoms with Gasteiger partial charge < -0.3 is 0 Å². The zero-order valence-electron chi connectivity index (χ0n) is 7.46. The number of hydrogen-bond donors (Lipinski definition) is 0. The molecule has 0 bridgehead atoms. The van der Waals surface area contributed by atoms with Crippen molar-refractivity contribution < 1.29 is 9.00 Å². The van der Waals surface area contributed by atoms with E-state index in [1.807, 2.05) is 6.92 Å². The number of carbonyl (C=O) groups excluding carboxylic acids is 1. The Balaban J connectivity index is 2.85. The lowest BCUT2D eigenvalue weighted by atomic mass is 10.2. The fourth-order valence-corrected chi connectivity index (χ4v) is 5.39. The predicted molar refractivity (Wildman–Crippen MR) is 53.8 cm³/mol. The highest BCUT2D eigenvalue weighted by molar-refractivity contribution is 8.16. The highest BCUT2D eigenvalue weighted by atomic mass is 32.2. The van der Waals surface area contributed by atoms with Gasteiger partial charge in [0.25, 0.3) is 0 Å². The molecule has 1 saturated heterocycles. The first-order valence-corrected chi connectivity index (χ1v) is 6.47. The average Bonchev–Trinajstić information content (AvgIpc) is 2.34. The van der Waals surface area contributed by atoms with Crippen LogP contribution in [-0.4, -0.2) is 25.6 Å². The summed E-state index contributed by atoms with van der Waals surface area (Å²) in [6.45, 7) is 3.59. The molecule has 0 spiro atoms. The first-order chi connectivity index (χ1) is 5.63. The molecule has 70 valence electrons. The van der Waals surface area contributed by atoms with E-state index >= 15 is 0 Å². The molecule has 1 fully saturated rings. The third-order valence-electron chi connectivity index (χ3n) is 2.09. The molecule has 2 atom stereocenters. The Hall–Kier alpha value is 0.170. The number of Topliss-reactive ketones (excluding diaryl/α,β-unsaturated/α-hetero) is 1. The Morgan fingerprint density at radius 3 is 2.67 bits per heavy atom. The maximum atomic E-state index is 11.6. The smallest absolute Gasteiger partial charge is 0.158 e. The van der Waals surface area contributed by atoms with Crippen LogP contribution in [0.1, 0.15) is 26.7 Å². The summed E-state index contributed by atoms with van der Waals surface area (Å²) in [5.74, 6) is 1.64.